The molecular formula is C15H15FN4O. The average molecular weight is 286 g/mol. The van der Waals surface area contributed by atoms with Crippen molar-refractivity contribution >= 4 is 5.69 Å². The van der Waals surface area contributed by atoms with Gasteiger partial charge in [0.15, 0.2) is 0 Å². The third-order valence-electron chi connectivity index (χ3n) is 2.97. The Labute approximate surface area is 121 Å². The number of anilines is 1. The molecule has 2 rings (SSSR count). The molecule has 1 heterocycles. The molecule has 6 heteroatoms. The molecule has 0 fully saturated rings. The summed E-state index contributed by atoms with van der Waals surface area (Å²) in [6.45, 7) is 2.77. The smallest absolute Gasteiger partial charge is 0.269 e. The van der Waals surface area contributed by atoms with Gasteiger partial charge in [-0.1, -0.05) is 19.1 Å². The van der Waals surface area contributed by atoms with Crippen LogP contribution in [0.4, 0.5) is 10.1 Å². The molecule has 0 radical (unpaired) electrons. The molecule has 1 N–H and O–H groups in total. The van der Waals surface area contributed by atoms with Gasteiger partial charge in [0.25, 0.3) is 5.56 Å². The van der Waals surface area contributed by atoms with E-state index in [1.807, 2.05) is 6.92 Å². The van der Waals surface area contributed by atoms with Crippen LogP contribution < -0.4 is 10.9 Å². The highest BCUT2D eigenvalue weighted by atomic mass is 19.1. The number of nitriles is 1. The maximum Gasteiger partial charge on any atom is 0.269 e. The second-order valence-electron chi connectivity index (χ2n) is 4.56. The van der Waals surface area contributed by atoms with Crippen LogP contribution >= 0.6 is 0 Å². The van der Waals surface area contributed by atoms with E-state index in [0.717, 1.165) is 17.6 Å². The minimum absolute atomic E-state index is 0.00571. The van der Waals surface area contributed by atoms with Crippen LogP contribution in [0.5, 0.6) is 0 Å². The Balaban J connectivity index is 2.25. The van der Waals surface area contributed by atoms with Crippen LogP contribution in [0.1, 0.15) is 24.5 Å². The molecule has 0 spiro atoms. The van der Waals surface area contributed by atoms with E-state index >= 15 is 0 Å². The van der Waals surface area contributed by atoms with Gasteiger partial charge < -0.3 is 5.32 Å². The Hall–Kier alpha value is -2.68. The predicted molar refractivity (Wildman–Crippen MR) is 77.5 cm³/mol. The SMILES string of the molecule is CCCNc1cnn(Cc2cccc(C#N)c2F)c(=O)c1. The van der Waals surface area contributed by atoms with Crippen molar-refractivity contribution in [3.05, 3.63) is 57.8 Å². The van der Waals surface area contributed by atoms with Gasteiger partial charge in [-0.05, 0) is 12.5 Å². The van der Waals surface area contributed by atoms with E-state index in [1.165, 1.54) is 24.4 Å². The molecule has 0 aliphatic rings. The molecule has 5 nitrogen and oxygen atoms in total. The van der Waals surface area contributed by atoms with Crippen molar-refractivity contribution in [2.45, 2.75) is 19.9 Å². The lowest BCUT2D eigenvalue weighted by molar-refractivity contribution is 0.570. The van der Waals surface area contributed by atoms with Gasteiger partial charge in [-0.3, -0.25) is 4.79 Å². The Kier molecular flexibility index (Phi) is 4.67. The number of benzene rings is 1. The molecule has 0 bridgehead atoms. The van der Waals surface area contributed by atoms with Crippen LogP contribution in [0.2, 0.25) is 0 Å². The van der Waals surface area contributed by atoms with E-state index < -0.39 is 5.82 Å². The van der Waals surface area contributed by atoms with Crippen molar-refractivity contribution < 1.29 is 4.39 Å². The molecule has 21 heavy (non-hydrogen) atoms. The Morgan fingerprint density at radius 2 is 2.29 bits per heavy atom. The molecule has 108 valence electrons. The minimum atomic E-state index is -0.609. The number of rotatable bonds is 5. The summed E-state index contributed by atoms with van der Waals surface area (Å²) in [4.78, 5) is 11.9. The Morgan fingerprint density at radius 1 is 1.48 bits per heavy atom. The van der Waals surface area contributed by atoms with Gasteiger partial charge in [-0.2, -0.15) is 10.4 Å². The normalized spacial score (nSPS) is 10.1. The third kappa shape index (κ3) is 3.45. The summed E-state index contributed by atoms with van der Waals surface area (Å²) in [6.07, 6.45) is 2.47. The van der Waals surface area contributed by atoms with E-state index in [4.69, 9.17) is 5.26 Å². The zero-order valence-electron chi connectivity index (χ0n) is 11.6. The largest absolute Gasteiger partial charge is 0.384 e. The number of hydrogen-bond acceptors (Lipinski definition) is 4. The van der Waals surface area contributed by atoms with Crippen molar-refractivity contribution in [2.75, 3.05) is 11.9 Å². The topological polar surface area (TPSA) is 70.7 Å². The lowest BCUT2D eigenvalue weighted by atomic mass is 10.1. The highest BCUT2D eigenvalue weighted by molar-refractivity contribution is 5.39. The second-order valence-corrected chi connectivity index (χ2v) is 4.56. The van der Waals surface area contributed by atoms with Crippen LogP contribution in [-0.2, 0) is 6.54 Å². The number of nitrogens with zero attached hydrogens (tertiary/aromatic N) is 3. The number of nitrogens with one attached hydrogen (secondary N) is 1. The average Bonchev–Trinajstić information content (AvgIpc) is 2.49. The van der Waals surface area contributed by atoms with Crippen molar-refractivity contribution in [2.24, 2.45) is 0 Å². The van der Waals surface area contributed by atoms with E-state index in [9.17, 15) is 9.18 Å². The van der Waals surface area contributed by atoms with Crippen LogP contribution in [0, 0.1) is 17.1 Å². The molecular weight excluding hydrogens is 271 g/mol. The van der Waals surface area contributed by atoms with E-state index in [0.29, 0.717) is 5.69 Å². The van der Waals surface area contributed by atoms with Crippen molar-refractivity contribution in [3.63, 3.8) is 0 Å². The van der Waals surface area contributed by atoms with E-state index in [-0.39, 0.29) is 23.2 Å². The van der Waals surface area contributed by atoms with Crippen molar-refractivity contribution in [1.29, 1.82) is 5.26 Å². The predicted octanol–water partition coefficient (Wildman–Crippen LogP) is 2.12. The molecule has 0 aliphatic carbocycles. The summed E-state index contributed by atoms with van der Waals surface area (Å²) in [5.41, 5.74) is 0.543. The lowest BCUT2D eigenvalue weighted by Gasteiger charge is -2.08. The molecule has 1 aromatic heterocycles. The first kappa shape index (κ1) is 14.7. The minimum Gasteiger partial charge on any atom is -0.384 e. The van der Waals surface area contributed by atoms with Gasteiger partial charge in [0.05, 0.1) is 24.0 Å². The van der Waals surface area contributed by atoms with Crippen LogP contribution in [-0.4, -0.2) is 16.3 Å². The van der Waals surface area contributed by atoms with Crippen LogP contribution in [0.3, 0.4) is 0 Å². The summed E-state index contributed by atoms with van der Waals surface area (Å²) in [6, 6.07) is 7.71. The summed E-state index contributed by atoms with van der Waals surface area (Å²) < 4.78 is 15.1. The molecule has 1 aromatic carbocycles. The number of aromatic nitrogens is 2. The lowest BCUT2D eigenvalue weighted by Crippen LogP contribution is -2.23. The Morgan fingerprint density at radius 3 is 2.95 bits per heavy atom. The zero-order chi connectivity index (χ0) is 15.2. The Bertz CT molecular complexity index is 733. The van der Waals surface area contributed by atoms with E-state index in [1.54, 1.807) is 12.1 Å². The molecule has 0 atom stereocenters. The zero-order valence-corrected chi connectivity index (χ0v) is 11.6. The summed E-state index contributed by atoms with van der Waals surface area (Å²) >= 11 is 0. The summed E-state index contributed by atoms with van der Waals surface area (Å²) in [7, 11) is 0. The molecule has 2 aromatic rings. The summed E-state index contributed by atoms with van der Waals surface area (Å²) in [5, 5.41) is 15.9. The summed E-state index contributed by atoms with van der Waals surface area (Å²) in [5.74, 6) is -0.609. The molecule has 0 saturated carbocycles. The van der Waals surface area contributed by atoms with Gasteiger partial charge in [0.1, 0.15) is 11.9 Å². The fraction of sp³-hybridized carbons (Fsp3) is 0.267. The first-order chi connectivity index (χ1) is 10.2. The van der Waals surface area contributed by atoms with Crippen molar-refractivity contribution in [3.8, 4) is 6.07 Å². The monoisotopic (exact) mass is 286 g/mol. The standard InChI is InChI=1S/C15H15FN4O/c1-2-6-18-13-7-14(21)20(19-9-13)10-12-5-3-4-11(8-17)15(12)16/h3-5,7,9,18H,2,6,10H2,1H3. The molecule has 0 saturated heterocycles. The third-order valence-corrected chi connectivity index (χ3v) is 2.97. The van der Waals surface area contributed by atoms with Crippen LogP contribution in [0.25, 0.3) is 0 Å². The van der Waals surface area contributed by atoms with Gasteiger partial charge in [-0.25, -0.2) is 9.07 Å². The first-order valence-corrected chi connectivity index (χ1v) is 6.64. The number of halogens is 1. The number of hydrogen-bond donors (Lipinski definition) is 1. The van der Waals surface area contributed by atoms with Gasteiger partial charge in [0.2, 0.25) is 0 Å². The fourth-order valence-electron chi connectivity index (χ4n) is 1.87. The molecule has 0 aliphatic heterocycles. The first-order valence-electron chi connectivity index (χ1n) is 6.64. The van der Waals surface area contributed by atoms with Crippen molar-refractivity contribution in [1.82, 2.24) is 9.78 Å². The maximum atomic E-state index is 14.0. The highest BCUT2D eigenvalue weighted by Gasteiger charge is 2.09. The fourth-order valence-corrected chi connectivity index (χ4v) is 1.87. The molecule has 0 unspecified atom stereocenters. The van der Waals surface area contributed by atoms with Gasteiger partial charge >= 0.3 is 0 Å². The van der Waals surface area contributed by atoms with E-state index in [2.05, 4.69) is 10.4 Å². The van der Waals surface area contributed by atoms with Crippen LogP contribution in [0.15, 0.2) is 35.3 Å². The highest BCUT2D eigenvalue weighted by Crippen LogP contribution is 2.12. The quantitative estimate of drug-likeness (QED) is 0.914. The van der Waals surface area contributed by atoms with Gasteiger partial charge in [-0.15, -0.1) is 0 Å². The second kappa shape index (κ2) is 6.66. The maximum absolute atomic E-state index is 14.0. The van der Waals surface area contributed by atoms with Gasteiger partial charge in [0, 0.05) is 18.2 Å². The molecule has 0 amide bonds.